The van der Waals surface area contributed by atoms with E-state index in [-0.39, 0.29) is 89.7 Å². The van der Waals surface area contributed by atoms with Crippen molar-refractivity contribution < 1.29 is 48.5 Å². The number of carboxylic acids is 1. The molecule has 0 aliphatic carbocycles. The van der Waals surface area contributed by atoms with Gasteiger partial charge in [0, 0.05) is 39.1 Å². The number of hydrogen-bond donors (Lipinski definition) is 7. The van der Waals surface area contributed by atoms with E-state index < -0.39 is 17.9 Å². The summed E-state index contributed by atoms with van der Waals surface area (Å²) in [6, 6.07) is -1.12. The van der Waals surface area contributed by atoms with Crippen molar-refractivity contribution in [1.29, 1.82) is 0 Å². The van der Waals surface area contributed by atoms with Crippen LogP contribution < -0.4 is 27.2 Å². The van der Waals surface area contributed by atoms with Crippen molar-refractivity contribution in [2.45, 2.75) is 122 Å². The van der Waals surface area contributed by atoms with Gasteiger partial charge in [-0.1, -0.05) is 83.5 Å². The molecule has 0 spiro atoms. The number of aliphatic hydroxyl groups is 1. The lowest BCUT2D eigenvalue weighted by Crippen LogP contribution is -2.41. The van der Waals surface area contributed by atoms with Gasteiger partial charge >= 0.3 is 5.97 Å². The standard InChI is InChI=1S/C33H63N5O10/c34-48-27-32(43)36-20-19-35-31(42)26-47-25-24-46-23-21-37-29(40)18-17-28(33(44)45)38-30(41)16-14-12-10-8-6-4-2-1-3-5-7-9-11-13-15-22-39/h28,39H,1-27,34H2,(H,35,42)(H,36,43)(H,37,40)(H,38,41)(H,44,45). The van der Waals surface area contributed by atoms with E-state index in [0.717, 1.165) is 32.1 Å². The van der Waals surface area contributed by atoms with Gasteiger partial charge in [0.15, 0.2) is 0 Å². The van der Waals surface area contributed by atoms with Crippen LogP contribution in [0.1, 0.15) is 116 Å². The Bertz CT molecular complexity index is 850. The van der Waals surface area contributed by atoms with Crippen LogP contribution in [0.25, 0.3) is 0 Å². The quantitative estimate of drug-likeness (QED) is 0.0375. The van der Waals surface area contributed by atoms with Gasteiger partial charge in [-0.25, -0.2) is 10.7 Å². The van der Waals surface area contributed by atoms with E-state index in [4.69, 9.17) is 20.5 Å². The summed E-state index contributed by atoms with van der Waals surface area (Å²) in [6.07, 6.45) is 17.5. The first kappa shape index (κ1) is 45.2. The first-order valence-corrected chi connectivity index (χ1v) is 17.7. The number of rotatable bonds is 35. The van der Waals surface area contributed by atoms with Crippen LogP contribution in [0.3, 0.4) is 0 Å². The van der Waals surface area contributed by atoms with Gasteiger partial charge in [-0.05, 0) is 19.3 Å². The van der Waals surface area contributed by atoms with E-state index in [1.54, 1.807) is 0 Å². The third-order valence-corrected chi connectivity index (χ3v) is 7.51. The summed E-state index contributed by atoms with van der Waals surface area (Å²) in [6.45, 7) is 1.13. The summed E-state index contributed by atoms with van der Waals surface area (Å²) in [5, 5.41) is 28.5. The van der Waals surface area contributed by atoms with Gasteiger partial charge in [-0.15, -0.1) is 0 Å². The molecular formula is C33H63N5O10. The molecule has 48 heavy (non-hydrogen) atoms. The minimum absolute atomic E-state index is 0.0111. The fraction of sp³-hybridized carbons (Fsp3) is 0.848. The van der Waals surface area contributed by atoms with Gasteiger partial charge < -0.3 is 41.0 Å². The highest BCUT2D eigenvalue weighted by atomic mass is 16.6. The number of aliphatic carboxylic acids is 1. The second-order valence-corrected chi connectivity index (χ2v) is 11.8. The summed E-state index contributed by atoms with van der Waals surface area (Å²) < 4.78 is 10.5. The largest absolute Gasteiger partial charge is 0.480 e. The van der Waals surface area contributed by atoms with Gasteiger partial charge in [-0.3, -0.25) is 24.0 Å². The van der Waals surface area contributed by atoms with Crippen LogP contribution in [0.2, 0.25) is 0 Å². The predicted molar refractivity (Wildman–Crippen MR) is 181 cm³/mol. The number of nitrogens with two attached hydrogens (primary N) is 1. The molecule has 8 N–H and O–H groups in total. The molecule has 280 valence electrons. The third kappa shape index (κ3) is 31.7. The lowest BCUT2D eigenvalue weighted by Gasteiger charge is -2.14. The highest BCUT2D eigenvalue weighted by Crippen LogP contribution is 2.14. The summed E-state index contributed by atoms with van der Waals surface area (Å²) in [5.41, 5.74) is 0. The minimum Gasteiger partial charge on any atom is -0.480 e. The summed E-state index contributed by atoms with van der Waals surface area (Å²) in [5.74, 6) is 2.21. The van der Waals surface area contributed by atoms with E-state index in [9.17, 15) is 29.1 Å². The number of carboxylic acid groups (broad SMARTS) is 1. The number of ether oxygens (including phenoxy) is 2. The highest BCUT2D eigenvalue weighted by Gasteiger charge is 2.20. The van der Waals surface area contributed by atoms with Crippen molar-refractivity contribution in [3.05, 3.63) is 0 Å². The molecule has 0 aliphatic rings. The minimum atomic E-state index is -1.17. The zero-order valence-corrected chi connectivity index (χ0v) is 28.9. The lowest BCUT2D eigenvalue weighted by atomic mass is 10.0. The Balaban J connectivity index is 3.69. The third-order valence-electron chi connectivity index (χ3n) is 7.51. The number of amides is 4. The van der Waals surface area contributed by atoms with Crippen LogP contribution >= 0.6 is 0 Å². The van der Waals surface area contributed by atoms with Crippen molar-refractivity contribution in [1.82, 2.24) is 21.3 Å². The fourth-order valence-corrected chi connectivity index (χ4v) is 4.81. The maximum Gasteiger partial charge on any atom is 0.326 e. The second-order valence-electron chi connectivity index (χ2n) is 11.8. The molecule has 15 heteroatoms. The molecule has 0 aromatic carbocycles. The Morgan fingerprint density at radius 2 is 1.02 bits per heavy atom. The molecule has 0 aromatic heterocycles. The zero-order valence-electron chi connectivity index (χ0n) is 28.9. The zero-order chi connectivity index (χ0) is 35.5. The molecule has 0 radical (unpaired) electrons. The molecule has 0 heterocycles. The van der Waals surface area contributed by atoms with Crippen LogP contribution in [0.15, 0.2) is 0 Å². The molecule has 4 amide bonds. The summed E-state index contributed by atoms with van der Waals surface area (Å²) in [7, 11) is 0. The van der Waals surface area contributed by atoms with Crippen LogP contribution in [-0.4, -0.2) is 105 Å². The van der Waals surface area contributed by atoms with Crippen molar-refractivity contribution in [2.24, 2.45) is 5.90 Å². The Hall–Kier alpha value is -2.85. The molecule has 1 atom stereocenters. The van der Waals surface area contributed by atoms with E-state index >= 15 is 0 Å². The topological polar surface area (TPSA) is 228 Å². The number of nitrogens with one attached hydrogen (secondary N) is 4. The molecule has 1 unspecified atom stereocenters. The molecule has 0 aromatic rings. The number of carbonyl (C=O) groups excluding carboxylic acids is 4. The van der Waals surface area contributed by atoms with Crippen LogP contribution in [-0.2, 0) is 38.3 Å². The molecule has 0 fully saturated rings. The monoisotopic (exact) mass is 689 g/mol. The highest BCUT2D eigenvalue weighted by molar-refractivity contribution is 5.84. The summed E-state index contributed by atoms with van der Waals surface area (Å²) in [4.78, 5) is 62.9. The van der Waals surface area contributed by atoms with E-state index in [1.165, 1.54) is 57.8 Å². The molecule has 0 rings (SSSR count). The summed E-state index contributed by atoms with van der Waals surface area (Å²) >= 11 is 0. The Labute approximate surface area is 286 Å². The van der Waals surface area contributed by atoms with Gasteiger partial charge in [-0.2, -0.15) is 0 Å². The number of carbonyl (C=O) groups is 5. The van der Waals surface area contributed by atoms with Crippen LogP contribution in [0, 0.1) is 0 Å². The first-order chi connectivity index (χ1) is 23.3. The normalized spacial score (nSPS) is 11.5. The average Bonchev–Trinajstić information content (AvgIpc) is 3.06. The van der Waals surface area contributed by atoms with E-state index in [1.807, 2.05) is 0 Å². The van der Waals surface area contributed by atoms with Crippen LogP contribution in [0.5, 0.6) is 0 Å². The maximum atomic E-state index is 12.3. The number of hydrogen-bond acceptors (Lipinski definition) is 10. The van der Waals surface area contributed by atoms with Gasteiger partial charge in [0.25, 0.3) is 0 Å². The van der Waals surface area contributed by atoms with Crippen molar-refractivity contribution in [2.75, 3.05) is 59.3 Å². The Morgan fingerprint density at radius 3 is 1.54 bits per heavy atom. The SMILES string of the molecule is NOCC(=O)NCCNC(=O)COCCOCCNC(=O)CCC(NC(=O)CCCCCCCCCCCCCCCCCO)C(=O)O. The molecule has 0 aliphatic heterocycles. The van der Waals surface area contributed by atoms with E-state index in [2.05, 4.69) is 26.1 Å². The van der Waals surface area contributed by atoms with E-state index in [0.29, 0.717) is 13.0 Å². The van der Waals surface area contributed by atoms with Crippen molar-refractivity contribution in [3.63, 3.8) is 0 Å². The van der Waals surface area contributed by atoms with Gasteiger partial charge in [0.05, 0.1) is 19.8 Å². The maximum absolute atomic E-state index is 12.3. The van der Waals surface area contributed by atoms with Crippen LogP contribution in [0.4, 0.5) is 0 Å². The smallest absolute Gasteiger partial charge is 0.326 e. The van der Waals surface area contributed by atoms with Gasteiger partial charge in [0.2, 0.25) is 23.6 Å². The number of unbranched alkanes of at least 4 members (excludes halogenated alkanes) is 14. The van der Waals surface area contributed by atoms with Crippen molar-refractivity contribution >= 4 is 29.6 Å². The molecule has 0 bridgehead atoms. The predicted octanol–water partition coefficient (Wildman–Crippen LogP) is 1.84. The Morgan fingerprint density at radius 1 is 0.542 bits per heavy atom. The molecule has 0 saturated carbocycles. The fourth-order valence-electron chi connectivity index (χ4n) is 4.81. The Kier molecular flexibility index (Phi) is 32.0. The lowest BCUT2D eigenvalue weighted by molar-refractivity contribution is -0.142. The number of aliphatic hydroxyl groups excluding tert-OH is 1. The molecular weight excluding hydrogens is 626 g/mol. The average molecular weight is 690 g/mol. The molecule has 15 nitrogen and oxygen atoms in total. The van der Waals surface area contributed by atoms with Crippen molar-refractivity contribution in [3.8, 4) is 0 Å². The molecule has 0 saturated heterocycles. The van der Waals surface area contributed by atoms with Gasteiger partial charge in [0.1, 0.15) is 19.3 Å². The second kappa shape index (κ2) is 34.0. The first-order valence-electron chi connectivity index (χ1n) is 17.7.